The average molecular weight is 355 g/mol. The van der Waals surface area contributed by atoms with E-state index in [0.29, 0.717) is 13.1 Å². The summed E-state index contributed by atoms with van der Waals surface area (Å²) in [5.41, 5.74) is 2.97. The van der Waals surface area contributed by atoms with E-state index < -0.39 is 0 Å². The van der Waals surface area contributed by atoms with Crippen molar-refractivity contribution < 1.29 is 14.3 Å². The van der Waals surface area contributed by atoms with Gasteiger partial charge >= 0.3 is 6.03 Å². The van der Waals surface area contributed by atoms with Crippen molar-refractivity contribution in [3.63, 3.8) is 0 Å². The highest BCUT2D eigenvalue weighted by atomic mass is 16.5. The molecule has 1 fully saturated rings. The number of ether oxygens (including phenoxy) is 2. The molecule has 3 rings (SSSR count). The monoisotopic (exact) mass is 355 g/mol. The van der Waals surface area contributed by atoms with Gasteiger partial charge in [0.25, 0.3) is 0 Å². The van der Waals surface area contributed by atoms with Gasteiger partial charge in [0.1, 0.15) is 11.5 Å². The molecule has 1 heterocycles. The molecule has 0 aliphatic carbocycles. The van der Waals surface area contributed by atoms with Gasteiger partial charge in [0.05, 0.1) is 19.9 Å². The van der Waals surface area contributed by atoms with Crippen LogP contribution in [0.15, 0.2) is 42.5 Å². The van der Waals surface area contributed by atoms with Crippen LogP contribution in [0.3, 0.4) is 0 Å². The van der Waals surface area contributed by atoms with Crippen molar-refractivity contribution in [1.82, 2.24) is 4.90 Å². The summed E-state index contributed by atoms with van der Waals surface area (Å²) < 4.78 is 10.7. The molecule has 0 saturated carbocycles. The number of piperazine rings is 1. The molecule has 1 aliphatic heterocycles. The van der Waals surface area contributed by atoms with Crippen molar-refractivity contribution >= 4 is 17.4 Å². The number of hydrogen-bond donors (Lipinski definition) is 1. The molecule has 0 unspecified atom stereocenters. The van der Waals surface area contributed by atoms with Gasteiger partial charge in [-0.3, -0.25) is 0 Å². The lowest BCUT2D eigenvalue weighted by molar-refractivity contribution is 0.208. The first kappa shape index (κ1) is 17.9. The van der Waals surface area contributed by atoms with E-state index in [1.54, 1.807) is 14.2 Å². The molecule has 0 aromatic heterocycles. The fourth-order valence-electron chi connectivity index (χ4n) is 3.12. The lowest BCUT2D eigenvalue weighted by Gasteiger charge is -2.36. The van der Waals surface area contributed by atoms with Crippen molar-refractivity contribution in [2.24, 2.45) is 0 Å². The summed E-state index contributed by atoms with van der Waals surface area (Å²) in [6, 6.07) is 13.6. The first-order valence-electron chi connectivity index (χ1n) is 8.70. The largest absolute Gasteiger partial charge is 0.497 e. The van der Waals surface area contributed by atoms with Crippen LogP contribution < -0.4 is 19.7 Å². The van der Waals surface area contributed by atoms with Crippen LogP contribution >= 0.6 is 0 Å². The van der Waals surface area contributed by atoms with E-state index >= 15 is 0 Å². The molecule has 0 atom stereocenters. The van der Waals surface area contributed by atoms with E-state index in [1.807, 2.05) is 54.3 Å². The molecule has 6 nitrogen and oxygen atoms in total. The summed E-state index contributed by atoms with van der Waals surface area (Å²) in [5, 5.41) is 2.97. The van der Waals surface area contributed by atoms with E-state index in [-0.39, 0.29) is 6.03 Å². The number of nitrogens with zero attached hydrogens (tertiary/aromatic N) is 2. The van der Waals surface area contributed by atoms with E-state index in [9.17, 15) is 4.79 Å². The Balaban J connectivity index is 1.61. The summed E-state index contributed by atoms with van der Waals surface area (Å²) in [7, 11) is 3.30. The van der Waals surface area contributed by atoms with Crippen LogP contribution in [0.1, 0.15) is 5.56 Å². The van der Waals surface area contributed by atoms with Crippen LogP contribution in [0, 0.1) is 6.92 Å². The standard InChI is InChI=1S/C20H25N3O3/c1-15-5-4-6-16(13-15)21-20(24)23-11-9-22(10-12-23)18-8-7-17(25-2)14-19(18)26-3/h4-8,13-14H,9-12H2,1-3H3,(H,21,24). The first-order chi connectivity index (χ1) is 12.6. The Kier molecular flexibility index (Phi) is 5.51. The number of hydrogen-bond acceptors (Lipinski definition) is 4. The molecule has 138 valence electrons. The normalized spacial score (nSPS) is 14.1. The Bertz CT molecular complexity index is 771. The fraction of sp³-hybridized carbons (Fsp3) is 0.350. The quantitative estimate of drug-likeness (QED) is 0.914. The number of amides is 2. The van der Waals surface area contributed by atoms with Gasteiger partial charge in [-0.15, -0.1) is 0 Å². The lowest BCUT2D eigenvalue weighted by atomic mass is 10.2. The van der Waals surface area contributed by atoms with Crippen molar-refractivity contribution in [2.75, 3.05) is 50.6 Å². The predicted octanol–water partition coefficient (Wildman–Crippen LogP) is 3.37. The highest BCUT2D eigenvalue weighted by Crippen LogP contribution is 2.32. The summed E-state index contributed by atoms with van der Waals surface area (Å²) in [5.74, 6) is 1.55. The Labute approximate surface area is 154 Å². The smallest absolute Gasteiger partial charge is 0.321 e. The van der Waals surface area contributed by atoms with Crippen LogP contribution in [0.2, 0.25) is 0 Å². The van der Waals surface area contributed by atoms with Gasteiger partial charge in [-0.25, -0.2) is 4.79 Å². The molecule has 2 aromatic carbocycles. The average Bonchev–Trinajstić information content (AvgIpc) is 2.67. The molecule has 0 spiro atoms. The van der Waals surface area contributed by atoms with Gasteiger partial charge in [-0.2, -0.15) is 0 Å². The second-order valence-electron chi connectivity index (χ2n) is 6.31. The number of benzene rings is 2. The van der Waals surface area contributed by atoms with Crippen LogP contribution in [0.5, 0.6) is 11.5 Å². The lowest BCUT2D eigenvalue weighted by Crippen LogP contribution is -2.50. The van der Waals surface area contributed by atoms with Crippen LogP contribution in [-0.2, 0) is 0 Å². The van der Waals surface area contributed by atoms with Gasteiger partial charge in [0, 0.05) is 37.9 Å². The van der Waals surface area contributed by atoms with E-state index in [4.69, 9.17) is 9.47 Å². The molecule has 2 amide bonds. The molecule has 1 saturated heterocycles. The number of methoxy groups -OCH3 is 2. The summed E-state index contributed by atoms with van der Waals surface area (Å²) in [6.07, 6.45) is 0. The van der Waals surface area contributed by atoms with Gasteiger partial charge in [-0.1, -0.05) is 12.1 Å². The topological polar surface area (TPSA) is 54.0 Å². The maximum Gasteiger partial charge on any atom is 0.321 e. The third kappa shape index (κ3) is 4.02. The zero-order valence-electron chi connectivity index (χ0n) is 15.5. The summed E-state index contributed by atoms with van der Waals surface area (Å²) >= 11 is 0. The minimum atomic E-state index is -0.0584. The maximum absolute atomic E-state index is 12.5. The predicted molar refractivity (Wildman–Crippen MR) is 104 cm³/mol. The molecule has 6 heteroatoms. The molecular formula is C20H25N3O3. The summed E-state index contributed by atoms with van der Waals surface area (Å²) in [4.78, 5) is 16.6. The first-order valence-corrected chi connectivity index (χ1v) is 8.70. The molecule has 2 aromatic rings. The van der Waals surface area contributed by atoms with E-state index in [2.05, 4.69) is 10.2 Å². The molecule has 26 heavy (non-hydrogen) atoms. The number of aryl methyl sites for hydroxylation is 1. The third-order valence-electron chi connectivity index (χ3n) is 4.56. The number of anilines is 2. The zero-order chi connectivity index (χ0) is 18.5. The Morgan fingerprint density at radius 3 is 2.42 bits per heavy atom. The second kappa shape index (κ2) is 7.99. The van der Waals surface area contributed by atoms with Crippen molar-refractivity contribution in [1.29, 1.82) is 0 Å². The highest BCUT2D eigenvalue weighted by Gasteiger charge is 2.23. The van der Waals surface area contributed by atoms with Crippen LogP contribution in [0.25, 0.3) is 0 Å². The van der Waals surface area contributed by atoms with Gasteiger partial charge in [0.15, 0.2) is 0 Å². The van der Waals surface area contributed by atoms with Gasteiger partial charge in [0.2, 0.25) is 0 Å². The molecule has 0 bridgehead atoms. The molecule has 1 aliphatic rings. The molecule has 1 N–H and O–H groups in total. The van der Waals surface area contributed by atoms with Crippen LogP contribution in [-0.4, -0.2) is 51.3 Å². The van der Waals surface area contributed by atoms with Crippen molar-refractivity contribution in [2.45, 2.75) is 6.92 Å². The molecular weight excluding hydrogens is 330 g/mol. The fourth-order valence-corrected chi connectivity index (χ4v) is 3.12. The van der Waals surface area contributed by atoms with Crippen molar-refractivity contribution in [3.05, 3.63) is 48.0 Å². The second-order valence-corrected chi connectivity index (χ2v) is 6.31. The number of urea groups is 1. The molecule has 0 radical (unpaired) electrons. The number of nitrogens with one attached hydrogen (secondary N) is 1. The zero-order valence-corrected chi connectivity index (χ0v) is 15.5. The summed E-state index contributed by atoms with van der Waals surface area (Å²) in [6.45, 7) is 4.84. The minimum absolute atomic E-state index is 0.0584. The van der Waals surface area contributed by atoms with E-state index in [0.717, 1.165) is 41.5 Å². The number of carbonyl (C=O) groups excluding carboxylic acids is 1. The Morgan fingerprint density at radius 1 is 1.00 bits per heavy atom. The van der Waals surface area contributed by atoms with Gasteiger partial charge in [-0.05, 0) is 36.8 Å². The number of rotatable bonds is 4. The Hall–Kier alpha value is -2.89. The van der Waals surface area contributed by atoms with Gasteiger partial charge < -0.3 is 24.6 Å². The minimum Gasteiger partial charge on any atom is -0.497 e. The number of carbonyl (C=O) groups is 1. The highest BCUT2D eigenvalue weighted by molar-refractivity contribution is 5.89. The third-order valence-corrected chi connectivity index (χ3v) is 4.56. The van der Waals surface area contributed by atoms with E-state index in [1.165, 1.54) is 0 Å². The Morgan fingerprint density at radius 2 is 1.77 bits per heavy atom. The SMILES string of the molecule is COc1ccc(N2CCN(C(=O)Nc3cccc(C)c3)CC2)c(OC)c1. The maximum atomic E-state index is 12.5. The van der Waals surface area contributed by atoms with Crippen LogP contribution in [0.4, 0.5) is 16.2 Å². The van der Waals surface area contributed by atoms with Crippen molar-refractivity contribution in [3.8, 4) is 11.5 Å².